The van der Waals surface area contributed by atoms with Crippen LogP contribution >= 0.6 is 0 Å². The molecule has 0 saturated carbocycles. The molecule has 4 rings (SSSR count). The number of likely N-dealkylation sites (tertiary alicyclic amines) is 1. The number of hydrogen-bond acceptors (Lipinski definition) is 4. The van der Waals surface area contributed by atoms with Crippen molar-refractivity contribution in [2.45, 2.75) is 39.7 Å². The van der Waals surface area contributed by atoms with E-state index in [4.69, 9.17) is 0 Å². The zero-order chi connectivity index (χ0) is 20.4. The molecule has 3 aromatic heterocycles. The van der Waals surface area contributed by atoms with Crippen LogP contribution in [-0.2, 0) is 11.3 Å². The molecule has 0 bridgehead atoms. The van der Waals surface area contributed by atoms with Crippen molar-refractivity contribution in [3.05, 3.63) is 48.0 Å². The topological polar surface area (TPSA) is 84.5 Å². The van der Waals surface area contributed by atoms with Crippen molar-refractivity contribution in [2.24, 2.45) is 5.92 Å². The lowest BCUT2D eigenvalue weighted by atomic mass is 9.94. The minimum atomic E-state index is -0.0712. The normalized spacial score (nSPS) is 16.9. The summed E-state index contributed by atoms with van der Waals surface area (Å²) in [6.45, 7) is 6.04. The van der Waals surface area contributed by atoms with Crippen LogP contribution in [0.25, 0.3) is 5.65 Å². The van der Waals surface area contributed by atoms with Crippen molar-refractivity contribution in [1.82, 2.24) is 24.1 Å². The van der Waals surface area contributed by atoms with Gasteiger partial charge in [0.25, 0.3) is 5.91 Å². The van der Waals surface area contributed by atoms with Gasteiger partial charge in [0.2, 0.25) is 5.91 Å². The van der Waals surface area contributed by atoms with Crippen LogP contribution in [0.5, 0.6) is 0 Å². The maximum absolute atomic E-state index is 12.9. The quantitative estimate of drug-likeness (QED) is 0.721. The molecule has 3 aromatic rings. The molecule has 1 fully saturated rings. The molecular formula is C21H26N6O2. The molecule has 0 unspecified atom stereocenters. The Morgan fingerprint density at radius 2 is 2.10 bits per heavy atom. The number of carbonyl (C=O) groups excluding carboxylic acids is 2. The highest BCUT2D eigenvalue weighted by atomic mass is 16.2. The van der Waals surface area contributed by atoms with Gasteiger partial charge < -0.3 is 14.6 Å². The lowest BCUT2D eigenvalue weighted by Gasteiger charge is -2.32. The van der Waals surface area contributed by atoms with E-state index in [1.807, 2.05) is 47.7 Å². The zero-order valence-corrected chi connectivity index (χ0v) is 16.8. The third-order valence-electron chi connectivity index (χ3n) is 5.33. The average Bonchev–Trinajstić information content (AvgIpc) is 3.33. The lowest BCUT2D eigenvalue weighted by molar-refractivity contribution is -0.117. The number of anilines is 1. The first kappa shape index (κ1) is 19.2. The van der Waals surface area contributed by atoms with E-state index in [-0.39, 0.29) is 17.7 Å². The Kier molecular flexibility index (Phi) is 5.33. The molecule has 152 valence electrons. The molecule has 4 heterocycles. The summed E-state index contributed by atoms with van der Waals surface area (Å²) >= 11 is 0. The van der Waals surface area contributed by atoms with Gasteiger partial charge in [0, 0.05) is 50.7 Å². The number of rotatable bonds is 5. The monoisotopic (exact) mass is 394 g/mol. The van der Waals surface area contributed by atoms with E-state index in [2.05, 4.69) is 15.4 Å². The lowest BCUT2D eigenvalue weighted by Crippen LogP contribution is -2.41. The van der Waals surface area contributed by atoms with E-state index in [1.165, 1.54) is 0 Å². The fraction of sp³-hybridized carbons (Fsp3) is 0.429. The molecule has 0 aromatic carbocycles. The van der Waals surface area contributed by atoms with Crippen LogP contribution in [0.3, 0.4) is 0 Å². The molecule has 0 spiro atoms. The van der Waals surface area contributed by atoms with Gasteiger partial charge in [-0.15, -0.1) is 0 Å². The number of carbonyl (C=O) groups is 2. The van der Waals surface area contributed by atoms with Crippen molar-refractivity contribution in [2.75, 3.05) is 18.4 Å². The number of nitrogens with one attached hydrogen (secondary N) is 1. The van der Waals surface area contributed by atoms with Gasteiger partial charge in [-0.05, 0) is 44.2 Å². The Morgan fingerprint density at radius 1 is 1.24 bits per heavy atom. The largest absolute Gasteiger partial charge is 0.337 e. The highest BCUT2D eigenvalue weighted by Crippen LogP contribution is 2.22. The van der Waals surface area contributed by atoms with Crippen LogP contribution < -0.4 is 5.32 Å². The Labute approximate surface area is 169 Å². The van der Waals surface area contributed by atoms with E-state index in [9.17, 15) is 9.59 Å². The molecule has 1 aliphatic heterocycles. The minimum Gasteiger partial charge on any atom is -0.337 e. The highest BCUT2D eigenvalue weighted by molar-refractivity contribution is 5.93. The second kappa shape index (κ2) is 8.06. The summed E-state index contributed by atoms with van der Waals surface area (Å²) in [4.78, 5) is 31.6. The molecule has 29 heavy (non-hydrogen) atoms. The maximum atomic E-state index is 12.9. The molecule has 8 heteroatoms. The van der Waals surface area contributed by atoms with Gasteiger partial charge in [0.15, 0.2) is 5.82 Å². The van der Waals surface area contributed by atoms with Crippen LogP contribution in [0, 0.1) is 12.8 Å². The van der Waals surface area contributed by atoms with E-state index in [0.29, 0.717) is 31.0 Å². The molecule has 0 radical (unpaired) electrons. The van der Waals surface area contributed by atoms with Crippen molar-refractivity contribution in [3.8, 4) is 0 Å². The number of fused-ring (bicyclic) bond motifs is 1. The maximum Gasteiger partial charge on any atom is 0.274 e. The zero-order valence-electron chi connectivity index (χ0n) is 16.8. The Morgan fingerprint density at radius 3 is 2.90 bits per heavy atom. The molecule has 1 aliphatic rings. The fourth-order valence-electron chi connectivity index (χ4n) is 3.84. The third-order valence-corrected chi connectivity index (χ3v) is 5.33. The van der Waals surface area contributed by atoms with Crippen LogP contribution in [0.2, 0.25) is 0 Å². The van der Waals surface area contributed by atoms with Crippen LogP contribution in [0.1, 0.15) is 42.2 Å². The predicted molar refractivity (Wildman–Crippen MR) is 110 cm³/mol. The second-order valence-corrected chi connectivity index (χ2v) is 7.67. The van der Waals surface area contributed by atoms with Crippen LogP contribution in [0.15, 0.2) is 36.8 Å². The molecule has 1 saturated heterocycles. The molecule has 1 atom stereocenters. The van der Waals surface area contributed by atoms with Crippen molar-refractivity contribution < 1.29 is 9.59 Å². The second-order valence-electron chi connectivity index (χ2n) is 7.67. The van der Waals surface area contributed by atoms with Crippen LogP contribution in [0.4, 0.5) is 5.82 Å². The van der Waals surface area contributed by atoms with E-state index in [1.54, 1.807) is 16.9 Å². The van der Waals surface area contributed by atoms with Crippen molar-refractivity contribution >= 4 is 23.3 Å². The summed E-state index contributed by atoms with van der Waals surface area (Å²) in [5.41, 5.74) is 2.32. The molecular weight excluding hydrogens is 368 g/mol. The number of nitrogens with zero attached hydrogens (tertiary/aromatic N) is 5. The number of piperidine rings is 1. The van der Waals surface area contributed by atoms with Crippen molar-refractivity contribution in [3.63, 3.8) is 0 Å². The number of aryl methyl sites for hydroxylation is 2. The average molecular weight is 394 g/mol. The van der Waals surface area contributed by atoms with E-state index >= 15 is 0 Å². The summed E-state index contributed by atoms with van der Waals surface area (Å²) in [7, 11) is 0. The first-order valence-corrected chi connectivity index (χ1v) is 10.1. The first-order valence-electron chi connectivity index (χ1n) is 10.1. The van der Waals surface area contributed by atoms with E-state index < -0.39 is 0 Å². The molecule has 0 aliphatic carbocycles. The van der Waals surface area contributed by atoms with Gasteiger partial charge in [0.05, 0.1) is 0 Å². The van der Waals surface area contributed by atoms with Gasteiger partial charge in [-0.1, -0.05) is 6.07 Å². The standard InChI is InChI=1S/C21H26N6O2/c1-3-27-10-8-18(24-27)23-20(28)11-16-5-4-9-25(13-16)21(29)17-14-26-12-15(2)6-7-19(26)22-17/h6-8,10,12,14,16H,3-5,9,11,13H2,1-2H3,(H,23,24,28)/t16-/m0/s1. The van der Waals surface area contributed by atoms with Crippen molar-refractivity contribution in [1.29, 1.82) is 0 Å². The summed E-state index contributed by atoms with van der Waals surface area (Å²) in [5.74, 6) is 0.577. The molecule has 1 N–H and O–H groups in total. The summed E-state index contributed by atoms with van der Waals surface area (Å²) in [6.07, 6.45) is 7.79. The smallest absolute Gasteiger partial charge is 0.274 e. The third kappa shape index (κ3) is 4.31. The summed E-state index contributed by atoms with van der Waals surface area (Å²) < 4.78 is 3.65. The number of aromatic nitrogens is 4. The van der Waals surface area contributed by atoms with Gasteiger partial charge in [0.1, 0.15) is 11.3 Å². The minimum absolute atomic E-state index is 0.0612. The van der Waals surface area contributed by atoms with Gasteiger partial charge >= 0.3 is 0 Å². The van der Waals surface area contributed by atoms with E-state index in [0.717, 1.165) is 30.6 Å². The highest BCUT2D eigenvalue weighted by Gasteiger charge is 2.27. The Hall–Kier alpha value is -3.16. The van der Waals surface area contributed by atoms with Gasteiger partial charge in [-0.2, -0.15) is 5.10 Å². The number of pyridine rings is 1. The molecule has 8 nitrogen and oxygen atoms in total. The molecule has 2 amide bonds. The Balaban J connectivity index is 1.37. The first-order chi connectivity index (χ1) is 14.0. The van der Waals surface area contributed by atoms with Gasteiger partial charge in [-0.3, -0.25) is 14.3 Å². The number of amides is 2. The Bertz CT molecular complexity index is 1040. The van der Waals surface area contributed by atoms with Crippen LogP contribution in [-0.4, -0.2) is 49.0 Å². The summed E-state index contributed by atoms with van der Waals surface area (Å²) in [6, 6.07) is 5.69. The number of hydrogen-bond donors (Lipinski definition) is 1. The SMILES string of the molecule is CCn1ccc(NC(=O)C[C@@H]2CCCN(C(=O)c3cn4cc(C)ccc4n3)C2)n1. The number of imidazole rings is 1. The predicted octanol–water partition coefficient (Wildman–Crippen LogP) is 2.74. The summed E-state index contributed by atoms with van der Waals surface area (Å²) in [5, 5.41) is 7.13. The fourth-order valence-corrected chi connectivity index (χ4v) is 3.84. The van der Waals surface area contributed by atoms with Gasteiger partial charge in [-0.25, -0.2) is 4.98 Å².